The molecule has 4 heteroatoms. The third-order valence-corrected chi connectivity index (χ3v) is 3.40. The van der Waals surface area contributed by atoms with Crippen molar-refractivity contribution in [3.8, 4) is 5.75 Å². The fourth-order valence-electron chi connectivity index (χ4n) is 2.30. The van der Waals surface area contributed by atoms with Crippen molar-refractivity contribution in [2.75, 3.05) is 7.11 Å². The van der Waals surface area contributed by atoms with Gasteiger partial charge in [-0.1, -0.05) is 12.1 Å². The van der Waals surface area contributed by atoms with E-state index in [1.165, 1.54) is 0 Å². The predicted octanol–water partition coefficient (Wildman–Crippen LogP) is 3.82. The molecule has 0 amide bonds. The van der Waals surface area contributed by atoms with Crippen LogP contribution in [0.25, 0.3) is 11.0 Å². The molecule has 1 aromatic heterocycles. The van der Waals surface area contributed by atoms with Crippen molar-refractivity contribution >= 4 is 23.2 Å². The molecule has 0 saturated heterocycles. The second-order valence-corrected chi connectivity index (χ2v) is 4.68. The number of hydrogen-bond acceptors (Lipinski definition) is 3. The molecule has 1 heterocycles. The molecular weight excluding hydrogens is 262 g/mol. The zero-order chi connectivity index (χ0) is 14.7. The number of methoxy groups -OCH3 is 1. The van der Waals surface area contributed by atoms with Crippen molar-refractivity contribution in [2.24, 2.45) is 4.99 Å². The van der Waals surface area contributed by atoms with E-state index in [2.05, 4.69) is 27.5 Å². The molecule has 0 radical (unpaired) electrons. The number of benzene rings is 2. The molecule has 0 atom stereocenters. The van der Waals surface area contributed by atoms with Crippen LogP contribution in [0.15, 0.2) is 53.5 Å². The van der Waals surface area contributed by atoms with E-state index in [0.717, 1.165) is 34.8 Å². The Bertz CT molecular complexity index is 772. The first-order valence-electron chi connectivity index (χ1n) is 6.95. The summed E-state index contributed by atoms with van der Waals surface area (Å²) < 4.78 is 7.25. The minimum atomic E-state index is 0.731. The van der Waals surface area contributed by atoms with Gasteiger partial charge in [0.15, 0.2) is 0 Å². The lowest BCUT2D eigenvalue weighted by atomic mass is 10.2. The molecule has 3 aromatic rings. The fourth-order valence-corrected chi connectivity index (χ4v) is 2.30. The summed E-state index contributed by atoms with van der Waals surface area (Å²) in [7, 11) is 1.66. The third-order valence-electron chi connectivity index (χ3n) is 3.40. The van der Waals surface area contributed by atoms with Crippen LogP contribution in [-0.2, 0) is 6.54 Å². The zero-order valence-electron chi connectivity index (χ0n) is 12.2. The smallest absolute Gasteiger partial charge is 0.230 e. The highest BCUT2D eigenvalue weighted by molar-refractivity contribution is 5.83. The zero-order valence-corrected chi connectivity index (χ0v) is 12.2. The van der Waals surface area contributed by atoms with Crippen LogP contribution in [0, 0.1) is 0 Å². The molecule has 0 fully saturated rings. The summed E-state index contributed by atoms with van der Waals surface area (Å²) in [5.74, 6) is 1.57. The number of rotatable bonds is 4. The summed E-state index contributed by atoms with van der Waals surface area (Å²) >= 11 is 0. The number of aliphatic imine (C=N–C) groups is 1. The Morgan fingerprint density at radius 2 is 1.90 bits per heavy atom. The van der Waals surface area contributed by atoms with Crippen LogP contribution in [0.2, 0.25) is 0 Å². The minimum absolute atomic E-state index is 0.731. The average molecular weight is 279 g/mol. The highest BCUT2D eigenvalue weighted by atomic mass is 16.5. The van der Waals surface area contributed by atoms with Gasteiger partial charge in [-0.15, -0.1) is 0 Å². The first-order valence-corrected chi connectivity index (χ1v) is 6.95. The topological polar surface area (TPSA) is 39.4 Å². The van der Waals surface area contributed by atoms with Gasteiger partial charge in [-0.3, -0.25) is 0 Å². The number of aryl methyl sites for hydroxylation is 1. The number of aromatic nitrogens is 2. The standard InChI is InChI=1S/C17H17N3O/c1-3-20-16-7-5-4-6-15(16)19-17(20)18-12-13-8-10-14(21-2)11-9-13/h4-12H,3H2,1-2H3/b18-12-. The van der Waals surface area contributed by atoms with E-state index in [0.29, 0.717) is 0 Å². The van der Waals surface area contributed by atoms with Gasteiger partial charge in [0.2, 0.25) is 5.95 Å². The normalized spacial score (nSPS) is 11.3. The number of hydrogen-bond donors (Lipinski definition) is 0. The number of fused-ring (bicyclic) bond motifs is 1. The first-order chi connectivity index (χ1) is 10.3. The molecule has 0 bridgehead atoms. The molecule has 21 heavy (non-hydrogen) atoms. The van der Waals surface area contributed by atoms with Crippen LogP contribution in [-0.4, -0.2) is 22.9 Å². The van der Waals surface area contributed by atoms with Crippen molar-refractivity contribution in [1.29, 1.82) is 0 Å². The molecule has 0 saturated carbocycles. The summed E-state index contributed by atoms with van der Waals surface area (Å²) in [6.07, 6.45) is 1.83. The molecule has 0 spiro atoms. The summed E-state index contributed by atoms with van der Waals surface area (Å²) in [5, 5.41) is 0. The van der Waals surface area contributed by atoms with Gasteiger partial charge < -0.3 is 9.30 Å². The molecule has 0 aliphatic heterocycles. The molecule has 106 valence electrons. The highest BCUT2D eigenvalue weighted by Gasteiger charge is 2.06. The van der Waals surface area contributed by atoms with Crippen molar-refractivity contribution < 1.29 is 4.74 Å². The van der Waals surface area contributed by atoms with Crippen molar-refractivity contribution in [3.63, 3.8) is 0 Å². The van der Waals surface area contributed by atoms with Gasteiger partial charge in [-0.05, 0) is 48.9 Å². The molecule has 0 N–H and O–H groups in total. The number of para-hydroxylation sites is 2. The van der Waals surface area contributed by atoms with E-state index in [1.54, 1.807) is 7.11 Å². The SMILES string of the molecule is CCn1c(/N=C\c2ccc(OC)cc2)nc2ccccc21. The quantitative estimate of drug-likeness (QED) is 0.681. The fraction of sp³-hybridized carbons (Fsp3) is 0.176. The maximum atomic E-state index is 5.15. The lowest BCUT2D eigenvalue weighted by molar-refractivity contribution is 0.415. The average Bonchev–Trinajstić information content (AvgIpc) is 2.91. The van der Waals surface area contributed by atoms with Crippen LogP contribution in [0.4, 0.5) is 5.95 Å². The number of nitrogens with zero attached hydrogens (tertiary/aromatic N) is 3. The van der Waals surface area contributed by atoms with Gasteiger partial charge in [0.05, 0.1) is 18.1 Å². The van der Waals surface area contributed by atoms with Crippen LogP contribution < -0.4 is 4.74 Å². The second kappa shape index (κ2) is 5.79. The summed E-state index contributed by atoms with van der Waals surface area (Å²) in [5.41, 5.74) is 3.11. The van der Waals surface area contributed by atoms with Crippen molar-refractivity contribution in [1.82, 2.24) is 9.55 Å². The third kappa shape index (κ3) is 2.65. The van der Waals surface area contributed by atoms with E-state index in [9.17, 15) is 0 Å². The maximum Gasteiger partial charge on any atom is 0.230 e. The molecular formula is C17H17N3O. The predicted molar refractivity (Wildman–Crippen MR) is 85.7 cm³/mol. The van der Waals surface area contributed by atoms with E-state index in [4.69, 9.17) is 4.74 Å². The van der Waals surface area contributed by atoms with E-state index < -0.39 is 0 Å². The van der Waals surface area contributed by atoms with Crippen LogP contribution in [0.1, 0.15) is 12.5 Å². The van der Waals surface area contributed by atoms with Crippen LogP contribution >= 0.6 is 0 Å². The van der Waals surface area contributed by atoms with Gasteiger partial charge in [-0.25, -0.2) is 9.98 Å². The van der Waals surface area contributed by atoms with Gasteiger partial charge in [0, 0.05) is 12.8 Å². The number of imidazole rings is 1. The Labute approximate surface area is 123 Å². The van der Waals surface area contributed by atoms with Gasteiger partial charge in [0.1, 0.15) is 5.75 Å². The van der Waals surface area contributed by atoms with Gasteiger partial charge in [0.25, 0.3) is 0 Å². The van der Waals surface area contributed by atoms with Gasteiger partial charge >= 0.3 is 0 Å². The van der Waals surface area contributed by atoms with Crippen molar-refractivity contribution in [2.45, 2.75) is 13.5 Å². The Morgan fingerprint density at radius 1 is 1.14 bits per heavy atom. The van der Waals surface area contributed by atoms with Gasteiger partial charge in [-0.2, -0.15) is 0 Å². The number of ether oxygens (including phenoxy) is 1. The lowest BCUT2D eigenvalue weighted by Gasteiger charge is -2.01. The van der Waals surface area contributed by atoms with E-state index in [-0.39, 0.29) is 0 Å². The molecule has 0 aliphatic rings. The molecule has 4 nitrogen and oxygen atoms in total. The lowest BCUT2D eigenvalue weighted by Crippen LogP contribution is -1.93. The Balaban J connectivity index is 1.94. The largest absolute Gasteiger partial charge is 0.497 e. The first kappa shape index (κ1) is 13.4. The molecule has 0 aliphatic carbocycles. The maximum absolute atomic E-state index is 5.15. The Morgan fingerprint density at radius 3 is 2.62 bits per heavy atom. The summed E-state index contributed by atoms with van der Waals surface area (Å²) in [6.45, 7) is 2.94. The Hall–Kier alpha value is -2.62. The summed E-state index contributed by atoms with van der Waals surface area (Å²) in [4.78, 5) is 9.10. The second-order valence-electron chi connectivity index (χ2n) is 4.68. The van der Waals surface area contributed by atoms with Crippen LogP contribution in [0.5, 0.6) is 5.75 Å². The van der Waals surface area contributed by atoms with Crippen molar-refractivity contribution in [3.05, 3.63) is 54.1 Å². The molecule has 3 rings (SSSR count). The van der Waals surface area contributed by atoms with E-state index >= 15 is 0 Å². The molecule has 0 unspecified atom stereocenters. The summed E-state index contributed by atoms with van der Waals surface area (Å²) in [6, 6.07) is 15.9. The highest BCUT2D eigenvalue weighted by Crippen LogP contribution is 2.21. The Kier molecular flexibility index (Phi) is 3.69. The van der Waals surface area contributed by atoms with E-state index in [1.807, 2.05) is 48.7 Å². The molecule has 2 aromatic carbocycles. The minimum Gasteiger partial charge on any atom is -0.497 e. The van der Waals surface area contributed by atoms with Crippen LogP contribution in [0.3, 0.4) is 0 Å². The monoisotopic (exact) mass is 279 g/mol.